The lowest BCUT2D eigenvalue weighted by molar-refractivity contribution is 0.101. The molecule has 2 aromatic carbocycles. The van der Waals surface area contributed by atoms with E-state index in [1.54, 1.807) is 14.0 Å². The van der Waals surface area contributed by atoms with E-state index in [1.165, 1.54) is 0 Å². The normalized spacial score (nSPS) is 10.3. The van der Waals surface area contributed by atoms with Crippen molar-refractivity contribution in [3.8, 4) is 16.9 Å². The van der Waals surface area contributed by atoms with Gasteiger partial charge in [0.2, 0.25) is 0 Å². The first kappa shape index (κ1) is 14.3. The number of Topliss-reactive ketones (excluding diaryl/α,β-unsaturated/α-hetero) is 1. The second-order valence-electron chi connectivity index (χ2n) is 4.47. The number of benzene rings is 2. The summed E-state index contributed by atoms with van der Waals surface area (Å²) in [5.41, 5.74) is 2.69. The van der Waals surface area contributed by atoms with Crippen LogP contribution < -0.4 is 4.74 Å². The first-order chi connectivity index (χ1) is 9.72. The molecule has 0 aliphatic carbocycles. The molecule has 0 saturated heterocycles. The molecule has 2 rings (SSSR count). The summed E-state index contributed by atoms with van der Waals surface area (Å²) in [6, 6.07) is 15.4. The van der Waals surface area contributed by atoms with Crippen LogP contribution >= 0.6 is 0 Å². The Morgan fingerprint density at radius 1 is 1.00 bits per heavy atom. The van der Waals surface area contributed by atoms with Crippen LogP contribution in [0.4, 0.5) is 0 Å². The van der Waals surface area contributed by atoms with Gasteiger partial charge in [0.1, 0.15) is 12.4 Å². The lowest BCUT2D eigenvalue weighted by atomic mass is 9.97. The Morgan fingerprint density at radius 3 is 2.35 bits per heavy atom. The van der Waals surface area contributed by atoms with Gasteiger partial charge in [-0.3, -0.25) is 4.79 Å². The maximum atomic E-state index is 11.6. The van der Waals surface area contributed by atoms with Crippen LogP contribution in [0.5, 0.6) is 5.75 Å². The highest BCUT2D eigenvalue weighted by Gasteiger charge is 2.08. The van der Waals surface area contributed by atoms with Gasteiger partial charge in [0, 0.05) is 12.7 Å². The average molecular weight is 270 g/mol. The van der Waals surface area contributed by atoms with Crippen LogP contribution in [-0.4, -0.2) is 26.1 Å². The topological polar surface area (TPSA) is 35.5 Å². The van der Waals surface area contributed by atoms with Crippen molar-refractivity contribution >= 4 is 5.78 Å². The van der Waals surface area contributed by atoms with E-state index in [2.05, 4.69) is 0 Å². The van der Waals surface area contributed by atoms with Crippen molar-refractivity contribution in [2.45, 2.75) is 6.92 Å². The van der Waals surface area contributed by atoms with Gasteiger partial charge in [0.15, 0.2) is 5.78 Å². The van der Waals surface area contributed by atoms with Crippen LogP contribution in [0, 0.1) is 0 Å². The molecule has 0 bridgehead atoms. The number of ether oxygens (including phenoxy) is 2. The van der Waals surface area contributed by atoms with Crippen LogP contribution in [0.2, 0.25) is 0 Å². The summed E-state index contributed by atoms with van der Waals surface area (Å²) in [7, 11) is 1.64. The third-order valence-electron chi connectivity index (χ3n) is 3.03. The predicted octanol–water partition coefficient (Wildman–Crippen LogP) is 3.58. The quantitative estimate of drug-likeness (QED) is 0.594. The van der Waals surface area contributed by atoms with Gasteiger partial charge in [-0.2, -0.15) is 0 Å². The highest BCUT2D eigenvalue weighted by Crippen LogP contribution is 2.26. The fourth-order valence-corrected chi connectivity index (χ4v) is 2.02. The van der Waals surface area contributed by atoms with Crippen LogP contribution in [0.25, 0.3) is 11.1 Å². The summed E-state index contributed by atoms with van der Waals surface area (Å²) >= 11 is 0. The minimum Gasteiger partial charge on any atom is -0.491 e. The van der Waals surface area contributed by atoms with Crippen molar-refractivity contribution in [2.24, 2.45) is 0 Å². The third-order valence-corrected chi connectivity index (χ3v) is 3.03. The predicted molar refractivity (Wildman–Crippen MR) is 79.3 cm³/mol. The van der Waals surface area contributed by atoms with Crippen molar-refractivity contribution in [3.63, 3.8) is 0 Å². The van der Waals surface area contributed by atoms with Crippen LogP contribution in [0.3, 0.4) is 0 Å². The van der Waals surface area contributed by atoms with E-state index in [-0.39, 0.29) is 5.78 Å². The summed E-state index contributed by atoms with van der Waals surface area (Å²) in [4.78, 5) is 11.6. The fraction of sp³-hybridized carbons (Fsp3) is 0.235. The van der Waals surface area contributed by atoms with E-state index < -0.39 is 0 Å². The van der Waals surface area contributed by atoms with Gasteiger partial charge in [0.05, 0.1) is 6.61 Å². The van der Waals surface area contributed by atoms with E-state index >= 15 is 0 Å². The Kier molecular flexibility index (Phi) is 4.91. The highest BCUT2D eigenvalue weighted by atomic mass is 16.5. The molecule has 104 valence electrons. The molecule has 0 heterocycles. The molecule has 0 saturated carbocycles. The number of carbonyl (C=O) groups excluding carboxylic acids is 1. The van der Waals surface area contributed by atoms with E-state index in [0.29, 0.717) is 13.2 Å². The molecule has 0 spiro atoms. The molecule has 0 amide bonds. The maximum Gasteiger partial charge on any atom is 0.160 e. The second kappa shape index (κ2) is 6.87. The standard InChI is InChI=1S/C17H18O3/c1-13(18)16-5-3-4-6-17(16)14-7-9-15(10-8-14)20-12-11-19-2/h3-10H,11-12H2,1-2H3. The number of hydrogen-bond acceptors (Lipinski definition) is 3. The van der Waals surface area contributed by atoms with Gasteiger partial charge in [-0.25, -0.2) is 0 Å². The average Bonchev–Trinajstić information content (AvgIpc) is 2.48. The molecule has 0 aromatic heterocycles. The second-order valence-corrected chi connectivity index (χ2v) is 4.47. The van der Waals surface area contributed by atoms with Crippen molar-refractivity contribution in [1.82, 2.24) is 0 Å². The first-order valence-electron chi connectivity index (χ1n) is 6.54. The monoisotopic (exact) mass is 270 g/mol. The summed E-state index contributed by atoms with van der Waals surface area (Å²) < 4.78 is 10.5. The molecule has 3 heteroatoms. The minimum atomic E-state index is 0.0704. The SMILES string of the molecule is COCCOc1ccc(-c2ccccc2C(C)=O)cc1. The summed E-state index contributed by atoms with van der Waals surface area (Å²) in [5, 5.41) is 0. The molecule has 0 unspecified atom stereocenters. The maximum absolute atomic E-state index is 11.6. The van der Waals surface area contributed by atoms with Crippen molar-refractivity contribution in [1.29, 1.82) is 0 Å². The number of hydrogen-bond donors (Lipinski definition) is 0. The van der Waals surface area contributed by atoms with E-state index in [0.717, 1.165) is 22.4 Å². The molecule has 0 aliphatic heterocycles. The molecule has 0 N–H and O–H groups in total. The zero-order chi connectivity index (χ0) is 14.4. The van der Waals surface area contributed by atoms with Crippen molar-refractivity contribution < 1.29 is 14.3 Å². The van der Waals surface area contributed by atoms with Gasteiger partial charge < -0.3 is 9.47 Å². The lowest BCUT2D eigenvalue weighted by Crippen LogP contribution is -2.04. The lowest BCUT2D eigenvalue weighted by Gasteiger charge is -2.09. The van der Waals surface area contributed by atoms with Crippen molar-refractivity contribution in [3.05, 3.63) is 54.1 Å². The van der Waals surface area contributed by atoms with Gasteiger partial charge >= 0.3 is 0 Å². The molecular formula is C17H18O3. The largest absolute Gasteiger partial charge is 0.491 e. The van der Waals surface area contributed by atoms with E-state index in [1.807, 2.05) is 48.5 Å². The van der Waals surface area contributed by atoms with E-state index in [9.17, 15) is 4.79 Å². The summed E-state index contributed by atoms with van der Waals surface area (Å²) in [6.45, 7) is 2.68. The van der Waals surface area contributed by atoms with Crippen LogP contribution in [0.15, 0.2) is 48.5 Å². The van der Waals surface area contributed by atoms with Gasteiger partial charge in [-0.15, -0.1) is 0 Å². The van der Waals surface area contributed by atoms with Gasteiger partial charge in [0.25, 0.3) is 0 Å². The van der Waals surface area contributed by atoms with E-state index in [4.69, 9.17) is 9.47 Å². The number of ketones is 1. The number of rotatable bonds is 6. The molecule has 0 fully saturated rings. The fourth-order valence-electron chi connectivity index (χ4n) is 2.02. The summed E-state index contributed by atoms with van der Waals surface area (Å²) in [6.07, 6.45) is 0. The molecule has 0 radical (unpaired) electrons. The van der Waals surface area contributed by atoms with Crippen LogP contribution in [0.1, 0.15) is 17.3 Å². The molecule has 0 aliphatic rings. The first-order valence-corrected chi connectivity index (χ1v) is 6.54. The Balaban J connectivity index is 2.20. The summed E-state index contributed by atoms with van der Waals surface area (Å²) in [5.74, 6) is 0.868. The smallest absolute Gasteiger partial charge is 0.160 e. The van der Waals surface area contributed by atoms with Crippen LogP contribution in [-0.2, 0) is 4.74 Å². The Labute approximate surface area is 119 Å². The highest BCUT2D eigenvalue weighted by molar-refractivity contribution is 6.00. The molecule has 2 aromatic rings. The minimum absolute atomic E-state index is 0.0704. The molecule has 20 heavy (non-hydrogen) atoms. The number of carbonyl (C=O) groups is 1. The molecular weight excluding hydrogens is 252 g/mol. The van der Waals surface area contributed by atoms with Gasteiger partial charge in [-0.1, -0.05) is 36.4 Å². The zero-order valence-corrected chi connectivity index (χ0v) is 11.8. The zero-order valence-electron chi connectivity index (χ0n) is 11.8. The third kappa shape index (κ3) is 3.45. The Hall–Kier alpha value is -2.13. The Bertz CT molecular complexity index is 573. The number of methoxy groups -OCH3 is 1. The Morgan fingerprint density at radius 2 is 1.70 bits per heavy atom. The molecule has 0 atom stereocenters. The van der Waals surface area contributed by atoms with Crippen molar-refractivity contribution in [2.75, 3.05) is 20.3 Å². The van der Waals surface area contributed by atoms with Gasteiger partial charge in [-0.05, 0) is 30.2 Å². The molecule has 3 nitrogen and oxygen atoms in total.